The number of aromatic nitrogens is 2. The Bertz CT molecular complexity index is 388. The van der Waals surface area contributed by atoms with Crippen LogP contribution in [0.25, 0.3) is 0 Å². The van der Waals surface area contributed by atoms with E-state index in [1.165, 1.54) is 25.9 Å². The molecular weight excluding hydrogens is 238 g/mol. The van der Waals surface area contributed by atoms with Crippen LogP contribution in [0.5, 0.6) is 0 Å². The Morgan fingerprint density at radius 3 is 2.63 bits per heavy atom. The fourth-order valence-electron chi connectivity index (χ4n) is 3.12. The number of likely N-dealkylation sites (N-methyl/N-ethyl adjacent to an activating group) is 1. The molecule has 0 amide bonds. The maximum Gasteiger partial charge on any atom is 0.147 e. The molecule has 2 fully saturated rings. The van der Waals surface area contributed by atoms with Crippen LogP contribution >= 0.6 is 0 Å². The molecule has 0 spiro atoms. The molecular formula is C14H23N5. The second-order valence-electron chi connectivity index (χ2n) is 5.63. The number of piperazine rings is 1. The molecule has 104 valence electrons. The van der Waals surface area contributed by atoms with Gasteiger partial charge in [-0.05, 0) is 26.4 Å². The Morgan fingerprint density at radius 1 is 1.16 bits per heavy atom. The third-order valence-electron chi connectivity index (χ3n) is 4.39. The summed E-state index contributed by atoms with van der Waals surface area (Å²) in [5.74, 6) is 1.01. The van der Waals surface area contributed by atoms with Gasteiger partial charge in [-0.1, -0.05) is 0 Å². The molecule has 2 aliphatic heterocycles. The molecule has 0 saturated carbocycles. The highest BCUT2D eigenvalue weighted by Crippen LogP contribution is 2.17. The number of hydrogen-bond acceptors (Lipinski definition) is 5. The minimum absolute atomic E-state index is 0.767. The molecule has 5 nitrogen and oxygen atoms in total. The van der Waals surface area contributed by atoms with Crippen LogP contribution < -0.4 is 4.90 Å². The normalized spacial score (nSPS) is 25.9. The first-order valence-electron chi connectivity index (χ1n) is 7.26. The van der Waals surface area contributed by atoms with E-state index in [1.807, 2.05) is 6.20 Å². The molecule has 1 unspecified atom stereocenters. The predicted octanol–water partition coefficient (Wildman–Crippen LogP) is 0.693. The van der Waals surface area contributed by atoms with Gasteiger partial charge < -0.3 is 9.80 Å². The number of nitrogens with zero attached hydrogens (tertiary/aromatic N) is 5. The first-order chi connectivity index (χ1) is 9.33. The van der Waals surface area contributed by atoms with Crippen molar-refractivity contribution in [3.05, 3.63) is 18.6 Å². The van der Waals surface area contributed by atoms with Gasteiger partial charge >= 0.3 is 0 Å². The van der Waals surface area contributed by atoms with Crippen LogP contribution in [0.2, 0.25) is 0 Å². The average Bonchev–Trinajstić information content (AvgIpc) is 2.86. The predicted molar refractivity (Wildman–Crippen MR) is 76.3 cm³/mol. The topological polar surface area (TPSA) is 35.5 Å². The van der Waals surface area contributed by atoms with E-state index in [1.54, 1.807) is 12.4 Å². The van der Waals surface area contributed by atoms with Crippen molar-refractivity contribution >= 4 is 5.82 Å². The Labute approximate surface area is 115 Å². The number of likely N-dealkylation sites (tertiary alicyclic amines) is 1. The van der Waals surface area contributed by atoms with Crippen molar-refractivity contribution in [1.82, 2.24) is 19.8 Å². The van der Waals surface area contributed by atoms with Gasteiger partial charge in [0.1, 0.15) is 5.82 Å². The smallest absolute Gasteiger partial charge is 0.147 e. The summed E-state index contributed by atoms with van der Waals surface area (Å²) in [5, 5.41) is 0. The highest BCUT2D eigenvalue weighted by molar-refractivity contribution is 5.35. The lowest BCUT2D eigenvalue weighted by Crippen LogP contribution is -2.50. The Kier molecular flexibility index (Phi) is 3.94. The zero-order chi connectivity index (χ0) is 13.1. The van der Waals surface area contributed by atoms with Crippen LogP contribution in [0.4, 0.5) is 5.82 Å². The lowest BCUT2D eigenvalue weighted by molar-refractivity contribution is 0.185. The van der Waals surface area contributed by atoms with E-state index in [4.69, 9.17) is 0 Å². The minimum Gasteiger partial charge on any atom is -0.353 e. The van der Waals surface area contributed by atoms with Crippen LogP contribution in [0.3, 0.4) is 0 Å². The summed E-state index contributed by atoms with van der Waals surface area (Å²) in [7, 11) is 2.26. The average molecular weight is 261 g/mol. The van der Waals surface area contributed by atoms with Crippen molar-refractivity contribution in [3.63, 3.8) is 0 Å². The lowest BCUT2D eigenvalue weighted by atomic mass is 10.2. The molecule has 0 radical (unpaired) electrons. The van der Waals surface area contributed by atoms with Crippen molar-refractivity contribution in [1.29, 1.82) is 0 Å². The summed E-state index contributed by atoms with van der Waals surface area (Å²) < 4.78 is 0. The molecule has 3 rings (SSSR count). The van der Waals surface area contributed by atoms with Gasteiger partial charge in [0.05, 0.1) is 6.20 Å². The molecule has 5 heteroatoms. The van der Waals surface area contributed by atoms with Crippen molar-refractivity contribution in [2.24, 2.45) is 0 Å². The summed E-state index contributed by atoms with van der Waals surface area (Å²) >= 11 is 0. The van der Waals surface area contributed by atoms with Crippen molar-refractivity contribution in [3.8, 4) is 0 Å². The van der Waals surface area contributed by atoms with E-state index >= 15 is 0 Å². The van der Waals surface area contributed by atoms with Crippen molar-refractivity contribution in [2.45, 2.75) is 18.9 Å². The van der Waals surface area contributed by atoms with Gasteiger partial charge in [-0.2, -0.15) is 0 Å². The van der Waals surface area contributed by atoms with E-state index in [0.717, 1.165) is 38.0 Å². The van der Waals surface area contributed by atoms with Crippen LogP contribution in [-0.2, 0) is 0 Å². The highest BCUT2D eigenvalue weighted by atomic mass is 15.3. The third kappa shape index (κ3) is 3.04. The first kappa shape index (κ1) is 12.8. The van der Waals surface area contributed by atoms with Gasteiger partial charge in [0.15, 0.2) is 0 Å². The molecule has 0 aromatic carbocycles. The molecule has 19 heavy (non-hydrogen) atoms. The SMILES string of the molecule is CN1CCCC1CN1CCN(c2cnccn2)CC1. The number of anilines is 1. The van der Waals surface area contributed by atoms with Crippen molar-refractivity contribution < 1.29 is 0 Å². The standard InChI is InChI=1S/C14H23N5/c1-17-6-2-3-13(17)12-18-7-9-19(10-8-18)14-11-15-4-5-16-14/h4-5,11,13H,2-3,6-10,12H2,1H3. The van der Waals surface area contributed by atoms with E-state index in [2.05, 4.69) is 31.7 Å². The molecule has 2 saturated heterocycles. The van der Waals surface area contributed by atoms with Crippen LogP contribution in [0, 0.1) is 0 Å². The second-order valence-corrected chi connectivity index (χ2v) is 5.63. The van der Waals surface area contributed by atoms with E-state index in [0.29, 0.717) is 0 Å². The van der Waals surface area contributed by atoms with Crippen molar-refractivity contribution in [2.75, 3.05) is 51.2 Å². The number of rotatable bonds is 3. The third-order valence-corrected chi connectivity index (χ3v) is 4.39. The van der Waals surface area contributed by atoms with Gasteiger partial charge in [0.25, 0.3) is 0 Å². The summed E-state index contributed by atoms with van der Waals surface area (Å²) in [6.07, 6.45) is 8.09. The van der Waals surface area contributed by atoms with Gasteiger partial charge in [0.2, 0.25) is 0 Å². The summed E-state index contributed by atoms with van der Waals surface area (Å²) in [6, 6.07) is 0.767. The van der Waals surface area contributed by atoms with Gasteiger partial charge in [0, 0.05) is 51.2 Å². The summed E-state index contributed by atoms with van der Waals surface area (Å²) in [5.41, 5.74) is 0. The first-order valence-corrected chi connectivity index (χ1v) is 7.26. The van der Waals surface area contributed by atoms with E-state index in [9.17, 15) is 0 Å². The number of hydrogen-bond donors (Lipinski definition) is 0. The molecule has 0 aliphatic carbocycles. The monoisotopic (exact) mass is 261 g/mol. The van der Waals surface area contributed by atoms with E-state index < -0.39 is 0 Å². The van der Waals surface area contributed by atoms with Crippen LogP contribution in [0.15, 0.2) is 18.6 Å². The molecule has 1 atom stereocenters. The highest BCUT2D eigenvalue weighted by Gasteiger charge is 2.25. The van der Waals surface area contributed by atoms with Gasteiger partial charge in [-0.25, -0.2) is 4.98 Å². The van der Waals surface area contributed by atoms with Gasteiger partial charge in [-0.3, -0.25) is 9.88 Å². The molecule has 2 aliphatic rings. The minimum atomic E-state index is 0.767. The Balaban J connectivity index is 1.49. The van der Waals surface area contributed by atoms with Crippen LogP contribution in [0.1, 0.15) is 12.8 Å². The molecule has 0 N–H and O–H groups in total. The zero-order valence-electron chi connectivity index (χ0n) is 11.7. The maximum absolute atomic E-state index is 4.38. The molecule has 1 aromatic rings. The Morgan fingerprint density at radius 2 is 2.00 bits per heavy atom. The fraction of sp³-hybridized carbons (Fsp3) is 0.714. The fourth-order valence-corrected chi connectivity index (χ4v) is 3.12. The van der Waals surface area contributed by atoms with Gasteiger partial charge in [-0.15, -0.1) is 0 Å². The lowest BCUT2D eigenvalue weighted by Gasteiger charge is -2.37. The molecule has 1 aromatic heterocycles. The van der Waals surface area contributed by atoms with Crippen LogP contribution in [-0.4, -0.2) is 72.1 Å². The molecule has 0 bridgehead atoms. The maximum atomic E-state index is 4.38. The Hall–Kier alpha value is -1.20. The quantitative estimate of drug-likeness (QED) is 0.800. The second kappa shape index (κ2) is 5.84. The molecule has 3 heterocycles. The summed E-state index contributed by atoms with van der Waals surface area (Å²) in [6.45, 7) is 6.90. The van der Waals surface area contributed by atoms with E-state index in [-0.39, 0.29) is 0 Å². The largest absolute Gasteiger partial charge is 0.353 e. The summed E-state index contributed by atoms with van der Waals surface area (Å²) in [4.78, 5) is 16.0. The zero-order valence-corrected chi connectivity index (χ0v) is 11.7.